The summed E-state index contributed by atoms with van der Waals surface area (Å²) in [7, 11) is -3.27. The van der Waals surface area contributed by atoms with Gasteiger partial charge in [-0.2, -0.15) is 0 Å². The Kier molecular flexibility index (Phi) is 4.92. The van der Waals surface area contributed by atoms with E-state index in [9.17, 15) is 8.42 Å². The molecular weight excluding hydrogens is 268 g/mol. The lowest BCUT2D eigenvalue weighted by atomic mass is 10.4. The number of hydrogen-bond donors (Lipinski definition) is 2. The summed E-state index contributed by atoms with van der Waals surface area (Å²) in [5.41, 5.74) is 0.745. The van der Waals surface area contributed by atoms with Crippen LogP contribution >= 0.6 is 0 Å². The molecule has 0 atom stereocenters. The highest BCUT2D eigenvalue weighted by Gasteiger charge is 2.15. The number of aryl methyl sites for hydroxylation is 1. The molecule has 1 saturated heterocycles. The molecule has 0 bridgehead atoms. The van der Waals surface area contributed by atoms with Gasteiger partial charge in [0.1, 0.15) is 0 Å². The van der Waals surface area contributed by atoms with Crippen molar-refractivity contribution >= 4 is 10.0 Å². The summed E-state index contributed by atoms with van der Waals surface area (Å²) in [4.78, 5) is 2.15. The highest BCUT2D eigenvalue weighted by molar-refractivity contribution is 7.89. The normalized spacial score (nSPS) is 17.7. The maximum Gasteiger partial charge on any atom is 0.213 e. The van der Waals surface area contributed by atoms with Crippen molar-refractivity contribution in [2.45, 2.75) is 13.5 Å². The lowest BCUT2D eigenvalue weighted by Gasteiger charge is -2.26. The van der Waals surface area contributed by atoms with E-state index in [0.717, 1.165) is 31.9 Å². The van der Waals surface area contributed by atoms with Crippen LogP contribution < -0.4 is 10.0 Å². The third-order valence-corrected chi connectivity index (χ3v) is 4.33. The molecule has 0 aromatic carbocycles. The Hall–Kier alpha value is -0.960. The molecule has 8 heteroatoms. The maximum atomic E-state index is 11.8. The van der Waals surface area contributed by atoms with E-state index in [1.165, 1.54) is 0 Å². The smallest absolute Gasteiger partial charge is 0.213 e. The van der Waals surface area contributed by atoms with Gasteiger partial charge in [0.15, 0.2) is 5.76 Å². The minimum atomic E-state index is -3.27. The Morgan fingerprint density at radius 2 is 2.21 bits per heavy atom. The SMILES string of the molecule is Cc1cc(CNS(=O)(=O)CCN2CCNCC2)on1. The molecule has 2 rings (SSSR count). The van der Waals surface area contributed by atoms with Crippen LogP contribution in [0.2, 0.25) is 0 Å². The van der Waals surface area contributed by atoms with Crippen LogP contribution in [0.1, 0.15) is 11.5 Å². The van der Waals surface area contributed by atoms with Gasteiger partial charge in [0.05, 0.1) is 18.0 Å². The van der Waals surface area contributed by atoms with E-state index in [4.69, 9.17) is 4.52 Å². The minimum Gasteiger partial charge on any atom is -0.360 e. The van der Waals surface area contributed by atoms with Crippen LogP contribution in [0.3, 0.4) is 0 Å². The van der Waals surface area contributed by atoms with E-state index in [0.29, 0.717) is 12.3 Å². The lowest BCUT2D eigenvalue weighted by Crippen LogP contribution is -2.45. The van der Waals surface area contributed by atoms with Crippen molar-refractivity contribution in [3.05, 3.63) is 17.5 Å². The molecule has 0 amide bonds. The zero-order valence-electron chi connectivity index (χ0n) is 11.1. The number of hydrogen-bond acceptors (Lipinski definition) is 6. The zero-order chi connectivity index (χ0) is 13.7. The van der Waals surface area contributed by atoms with Crippen molar-refractivity contribution in [1.82, 2.24) is 20.1 Å². The third-order valence-electron chi connectivity index (χ3n) is 3.03. The van der Waals surface area contributed by atoms with Crippen molar-refractivity contribution < 1.29 is 12.9 Å². The highest BCUT2D eigenvalue weighted by atomic mass is 32.2. The van der Waals surface area contributed by atoms with Gasteiger partial charge in [-0.25, -0.2) is 13.1 Å². The molecule has 1 aromatic rings. The average Bonchev–Trinajstić information content (AvgIpc) is 2.82. The van der Waals surface area contributed by atoms with Crippen molar-refractivity contribution in [3.63, 3.8) is 0 Å². The predicted octanol–water partition coefficient (Wildman–Crippen LogP) is -0.692. The number of rotatable bonds is 6. The van der Waals surface area contributed by atoms with Gasteiger partial charge in [0.25, 0.3) is 0 Å². The number of sulfonamides is 1. The first-order valence-electron chi connectivity index (χ1n) is 6.38. The fourth-order valence-electron chi connectivity index (χ4n) is 1.94. The summed E-state index contributed by atoms with van der Waals surface area (Å²) >= 11 is 0. The molecule has 1 fully saturated rings. The first kappa shape index (κ1) is 14.4. The second kappa shape index (κ2) is 6.47. The van der Waals surface area contributed by atoms with Gasteiger partial charge in [0.2, 0.25) is 10.0 Å². The number of nitrogens with one attached hydrogen (secondary N) is 2. The lowest BCUT2D eigenvalue weighted by molar-refractivity contribution is 0.253. The number of piperazine rings is 1. The summed E-state index contributed by atoms with van der Waals surface area (Å²) in [5.74, 6) is 0.642. The van der Waals surface area contributed by atoms with Gasteiger partial charge in [0, 0.05) is 38.8 Å². The standard InChI is InChI=1S/C11H20N4O3S/c1-10-8-11(18-14-10)9-13-19(16,17)7-6-15-4-2-12-3-5-15/h8,12-13H,2-7,9H2,1H3. The summed E-state index contributed by atoms with van der Waals surface area (Å²) in [6.45, 7) is 6.16. The Morgan fingerprint density at radius 3 is 2.84 bits per heavy atom. The molecule has 1 aromatic heterocycles. The van der Waals surface area contributed by atoms with Crippen LogP contribution in [0.15, 0.2) is 10.6 Å². The van der Waals surface area contributed by atoms with Gasteiger partial charge < -0.3 is 9.84 Å². The average molecular weight is 288 g/mol. The molecule has 108 valence electrons. The Bertz CT molecular complexity index is 494. The Labute approximate surface area is 113 Å². The van der Waals surface area contributed by atoms with Gasteiger partial charge >= 0.3 is 0 Å². The predicted molar refractivity (Wildman–Crippen MR) is 71.2 cm³/mol. The monoisotopic (exact) mass is 288 g/mol. The molecule has 2 N–H and O–H groups in total. The van der Waals surface area contributed by atoms with Gasteiger partial charge in [-0.1, -0.05) is 5.16 Å². The molecule has 19 heavy (non-hydrogen) atoms. The second-order valence-corrected chi connectivity index (χ2v) is 6.59. The van der Waals surface area contributed by atoms with Crippen LogP contribution in [-0.2, 0) is 16.6 Å². The fourth-order valence-corrected chi connectivity index (χ4v) is 2.94. The van der Waals surface area contributed by atoms with Crippen molar-refractivity contribution in [3.8, 4) is 0 Å². The third kappa shape index (κ3) is 4.90. The van der Waals surface area contributed by atoms with Crippen LogP contribution in [0.5, 0.6) is 0 Å². The van der Waals surface area contributed by atoms with Crippen molar-refractivity contribution in [2.24, 2.45) is 0 Å². The maximum absolute atomic E-state index is 11.8. The van der Waals surface area contributed by atoms with Gasteiger partial charge in [-0.15, -0.1) is 0 Å². The fraction of sp³-hybridized carbons (Fsp3) is 0.727. The highest BCUT2D eigenvalue weighted by Crippen LogP contribution is 2.02. The van der Waals surface area contributed by atoms with E-state index < -0.39 is 10.0 Å². The molecule has 1 aliphatic rings. The van der Waals surface area contributed by atoms with Gasteiger partial charge in [-0.3, -0.25) is 4.90 Å². The second-order valence-electron chi connectivity index (χ2n) is 4.67. The van der Waals surface area contributed by atoms with Crippen LogP contribution in [0.4, 0.5) is 0 Å². The van der Waals surface area contributed by atoms with Crippen molar-refractivity contribution in [2.75, 3.05) is 38.5 Å². The number of aromatic nitrogens is 1. The summed E-state index contributed by atoms with van der Waals surface area (Å²) in [6.07, 6.45) is 0. The summed E-state index contributed by atoms with van der Waals surface area (Å²) in [5, 5.41) is 6.95. The van der Waals surface area contributed by atoms with E-state index >= 15 is 0 Å². The Morgan fingerprint density at radius 1 is 1.47 bits per heavy atom. The molecule has 7 nitrogen and oxygen atoms in total. The summed E-state index contributed by atoms with van der Waals surface area (Å²) in [6, 6.07) is 1.72. The van der Waals surface area contributed by atoms with Gasteiger partial charge in [-0.05, 0) is 6.92 Å². The number of nitrogens with zero attached hydrogens (tertiary/aromatic N) is 2. The van der Waals surface area contributed by atoms with E-state index in [-0.39, 0.29) is 12.3 Å². The van der Waals surface area contributed by atoms with E-state index in [1.807, 2.05) is 0 Å². The molecule has 2 heterocycles. The van der Waals surface area contributed by atoms with Crippen LogP contribution in [0, 0.1) is 6.92 Å². The Balaban J connectivity index is 1.75. The van der Waals surface area contributed by atoms with E-state index in [1.54, 1.807) is 13.0 Å². The largest absolute Gasteiger partial charge is 0.360 e. The molecule has 0 saturated carbocycles. The zero-order valence-corrected chi connectivity index (χ0v) is 11.9. The molecule has 1 aliphatic heterocycles. The van der Waals surface area contributed by atoms with Crippen LogP contribution in [0.25, 0.3) is 0 Å². The molecule has 0 spiro atoms. The molecule has 0 unspecified atom stereocenters. The first-order chi connectivity index (χ1) is 9.05. The first-order valence-corrected chi connectivity index (χ1v) is 8.03. The molecule has 0 aliphatic carbocycles. The van der Waals surface area contributed by atoms with Crippen LogP contribution in [-0.4, -0.2) is 57.0 Å². The van der Waals surface area contributed by atoms with E-state index in [2.05, 4.69) is 20.1 Å². The topological polar surface area (TPSA) is 87.5 Å². The molecular formula is C11H20N4O3S. The van der Waals surface area contributed by atoms with Crippen molar-refractivity contribution in [1.29, 1.82) is 0 Å². The molecule has 0 radical (unpaired) electrons. The summed E-state index contributed by atoms with van der Waals surface area (Å²) < 4.78 is 31.2. The minimum absolute atomic E-state index is 0.111. The quantitative estimate of drug-likeness (QED) is 0.720.